The van der Waals surface area contributed by atoms with E-state index in [2.05, 4.69) is 226 Å². The van der Waals surface area contributed by atoms with Crippen molar-refractivity contribution in [2.24, 2.45) is 5.92 Å². The van der Waals surface area contributed by atoms with Gasteiger partial charge in [0.1, 0.15) is 0 Å². The Morgan fingerprint density at radius 3 is 1.85 bits per heavy atom. The van der Waals surface area contributed by atoms with Crippen LogP contribution in [0.1, 0.15) is 107 Å². The van der Waals surface area contributed by atoms with Crippen molar-refractivity contribution in [3.8, 4) is 0 Å². The zero-order valence-corrected chi connectivity index (χ0v) is 41.5. The molecule has 0 aromatic heterocycles. The van der Waals surface area contributed by atoms with E-state index in [1.165, 1.54) is 68.6 Å². The van der Waals surface area contributed by atoms with Gasteiger partial charge in [-0.25, -0.2) is 0 Å². The first-order valence-corrected chi connectivity index (χ1v) is 24.5. The van der Waals surface area contributed by atoms with Crippen molar-refractivity contribution in [3.63, 3.8) is 0 Å². The molecule has 0 saturated heterocycles. The van der Waals surface area contributed by atoms with Gasteiger partial charge in [0.2, 0.25) is 0 Å². The van der Waals surface area contributed by atoms with Crippen LogP contribution in [0.5, 0.6) is 0 Å². The summed E-state index contributed by atoms with van der Waals surface area (Å²) in [4.78, 5) is 2.48. The Morgan fingerprint density at radius 1 is 0.677 bits per heavy atom. The van der Waals surface area contributed by atoms with Crippen molar-refractivity contribution < 1.29 is 0 Å². The quantitative estimate of drug-likeness (QED) is 0.238. The van der Waals surface area contributed by atoms with Gasteiger partial charge in [0, 0.05) is 35.1 Å². The Labute approximate surface area is 396 Å². The van der Waals surface area contributed by atoms with Crippen LogP contribution in [0.2, 0.25) is 0 Å². The van der Waals surface area contributed by atoms with Crippen molar-refractivity contribution >= 4 is 16.5 Å². The minimum absolute atomic E-state index is 0.133. The lowest BCUT2D eigenvalue weighted by molar-refractivity contribution is 0.553. The standard InChI is InChI=1S/C40H44N2.C10H8.C7H10.3C2H6/c1-5-30(2)23-24-31(3)38-29-34(25-26-39(38)41-35-17-8-6-9-18-35)33-16-14-15-27-42(36-19-10-7-11-20-36)40-22-13-12-21-37(40)32(4)28-33;1-2-6-10-8-4-3-7-9(10)5-1;1-7-5-3-2-4-6-7;3*1-2/h5-8,10-12,14,16-17,19-21,23-26,28-29,38-39,41H,3-4,9,13,15,18,22,27H2,1-2H3;1-8H;2-3,5H,4,6H2,1H3;3*1-2H3/b16-14-,24-23-,30-5-,33-28+;;;;;. The van der Waals surface area contributed by atoms with Crippen LogP contribution in [-0.4, -0.2) is 12.6 Å². The average Bonchev–Trinajstić information content (AvgIpc) is 3.38. The summed E-state index contributed by atoms with van der Waals surface area (Å²) in [5, 5.41) is 6.43. The Bertz CT molecular complexity index is 2260. The molecule has 8 rings (SSSR count). The molecule has 4 aliphatic carbocycles. The predicted molar refractivity (Wildman–Crippen MR) is 292 cm³/mol. The highest BCUT2D eigenvalue weighted by molar-refractivity contribution is 5.82. The minimum atomic E-state index is 0.133. The lowest BCUT2D eigenvalue weighted by Crippen LogP contribution is -2.35. The summed E-state index contributed by atoms with van der Waals surface area (Å²) in [5.41, 5.74) is 12.4. The van der Waals surface area contributed by atoms with Gasteiger partial charge in [-0.2, -0.15) is 0 Å². The van der Waals surface area contributed by atoms with Crippen LogP contribution in [0.4, 0.5) is 5.69 Å². The molecule has 0 radical (unpaired) electrons. The maximum atomic E-state index is 4.59. The van der Waals surface area contributed by atoms with Gasteiger partial charge in [-0.05, 0) is 123 Å². The molecule has 2 unspecified atom stereocenters. The molecule has 3 aromatic carbocycles. The fourth-order valence-corrected chi connectivity index (χ4v) is 7.75. The molecule has 2 heteroatoms. The molecule has 1 N–H and O–H groups in total. The van der Waals surface area contributed by atoms with Crippen molar-refractivity contribution in [3.05, 3.63) is 246 Å². The van der Waals surface area contributed by atoms with E-state index in [1.807, 2.05) is 41.5 Å². The first-order valence-electron chi connectivity index (χ1n) is 24.5. The van der Waals surface area contributed by atoms with Gasteiger partial charge >= 0.3 is 0 Å². The first-order chi connectivity index (χ1) is 31.9. The third-order valence-corrected chi connectivity index (χ3v) is 11.3. The number of allylic oxidation sites excluding steroid dienone is 22. The average molecular weight is 865 g/mol. The maximum absolute atomic E-state index is 4.59. The number of para-hydroxylation sites is 1. The lowest BCUT2D eigenvalue weighted by Gasteiger charge is -2.32. The van der Waals surface area contributed by atoms with Crippen LogP contribution in [0.15, 0.2) is 246 Å². The van der Waals surface area contributed by atoms with Gasteiger partial charge in [-0.15, -0.1) is 0 Å². The van der Waals surface area contributed by atoms with Crippen molar-refractivity contribution in [2.45, 2.75) is 113 Å². The molecule has 1 aliphatic heterocycles. The van der Waals surface area contributed by atoms with Crippen molar-refractivity contribution in [2.75, 3.05) is 11.4 Å². The summed E-state index contributed by atoms with van der Waals surface area (Å²) >= 11 is 0. The normalized spacial score (nSPS) is 20.0. The number of hydrogen-bond donors (Lipinski definition) is 1. The third kappa shape index (κ3) is 17.4. The number of nitrogens with zero attached hydrogens (tertiary/aromatic N) is 1. The minimum Gasteiger partial charge on any atom is -0.381 e. The molecule has 5 aliphatic rings. The summed E-state index contributed by atoms with van der Waals surface area (Å²) < 4.78 is 0. The molecule has 0 saturated carbocycles. The summed E-state index contributed by atoms with van der Waals surface area (Å²) in [6, 6.07) is 27.6. The molecule has 0 amide bonds. The number of hydrogen-bond acceptors (Lipinski definition) is 2. The molecule has 1 heterocycles. The van der Waals surface area contributed by atoms with E-state index in [0.717, 1.165) is 49.8 Å². The number of anilines is 1. The van der Waals surface area contributed by atoms with Crippen LogP contribution in [0.25, 0.3) is 10.8 Å². The highest BCUT2D eigenvalue weighted by Gasteiger charge is 2.25. The smallest absolute Gasteiger partial charge is 0.0548 e. The van der Waals surface area contributed by atoms with E-state index in [9.17, 15) is 0 Å². The van der Waals surface area contributed by atoms with Gasteiger partial charge in [0.15, 0.2) is 0 Å². The zero-order chi connectivity index (χ0) is 47.2. The molecular weight excluding hydrogens is 785 g/mol. The lowest BCUT2D eigenvalue weighted by atomic mass is 9.82. The SMILES string of the molecule is C=C1/C=C(C2=CC(C(=C)/C=C\C(C)=C/C)C(NC3=CC=CCC3)C=C2)\C=C/CCN(c2ccccc2)C2=C1C=CCC2.CC.CC.CC.CC1=CC=CCC1.c1ccc2ccccc2c1. The van der Waals surface area contributed by atoms with Gasteiger partial charge < -0.3 is 10.2 Å². The van der Waals surface area contributed by atoms with Crippen LogP contribution in [-0.2, 0) is 0 Å². The Kier molecular flexibility index (Phi) is 25.3. The van der Waals surface area contributed by atoms with Crippen LogP contribution >= 0.6 is 0 Å². The van der Waals surface area contributed by atoms with Crippen LogP contribution in [0, 0.1) is 5.92 Å². The molecule has 65 heavy (non-hydrogen) atoms. The van der Waals surface area contributed by atoms with Gasteiger partial charge in [-0.3, -0.25) is 0 Å². The number of fused-ring (bicyclic) bond motifs is 1. The summed E-state index contributed by atoms with van der Waals surface area (Å²) in [7, 11) is 0. The highest BCUT2D eigenvalue weighted by atomic mass is 15.1. The second kappa shape index (κ2) is 30.9. The van der Waals surface area contributed by atoms with Crippen LogP contribution < -0.4 is 10.2 Å². The molecule has 0 fully saturated rings. The molecule has 3 aromatic rings. The predicted octanol–water partition coefficient (Wildman–Crippen LogP) is 18.1. The third-order valence-electron chi connectivity index (χ3n) is 11.3. The molecule has 2 atom stereocenters. The summed E-state index contributed by atoms with van der Waals surface area (Å²) in [6.07, 6.45) is 45.6. The first kappa shape index (κ1) is 53.2. The summed E-state index contributed by atoms with van der Waals surface area (Å²) in [6.45, 7) is 28.4. The fraction of sp³-hybridized carbons (Fsp3) is 0.302. The van der Waals surface area contributed by atoms with Crippen LogP contribution in [0.3, 0.4) is 0 Å². The van der Waals surface area contributed by atoms with Crippen molar-refractivity contribution in [1.29, 1.82) is 0 Å². The summed E-state index contributed by atoms with van der Waals surface area (Å²) in [5.74, 6) is 0.133. The molecule has 0 bridgehead atoms. The maximum Gasteiger partial charge on any atom is 0.0548 e. The molecule has 2 nitrogen and oxygen atoms in total. The number of benzene rings is 3. The largest absolute Gasteiger partial charge is 0.381 e. The number of rotatable bonds is 7. The zero-order valence-electron chi connectivity index (χ0n) is 41.5. The van der Waals surface area contributed by atoms with Gasteiger partial charge in [-0.1, -0.05) is 224 Å². The molecule has 342 valence electrons. The second-order valence-corrected chi connectivity index (χ2v) is 15.7. The van der Waals surface area contributed by atoms with Gasteiger partial charge in [0.05, 0.1) is 6.04 Å². The number of nitrogens with one attached hydrogen (secondary N) is 1. The molecular formula is C63H80N2. The van der Waals surface area contributed by atoms with E-state index in [4.69, 9.17) is 0 Å². The fourth-order valence-electron chi connectivity index (χ4n) is 7.75. The Hall–Kier alpha value is -6.12. The second-order valence-electron chi connectivity index (χ2n) is 15.7. The van der Waals surface area contributed by atoms with E-state index < -0.39 is 0 Å². The molecule has 0 spiro atoms. The highest BCUT2D eigenvalue weighted by Crippen LogP contribution is 2.35. The topological polar surface area (TPSA) is 15.3 Å². The van der Waals surface area contributed by atoms with Crippen molar-refractivity contribution in [1.82, 2.24) is 5.32 Å². The van der Waals surface area contributed by atoms with Gasteiger partial charge in [0.25, 0.3) is 0 Å². The van der Waals surface area contributed by atoms with E-state index in [0.29, 0.717) is 0 Å². The van der Waals surface area contributed by atoms with E-state index >= 15 is 0 Å². The Morgan fingerprint density at radius 2 is 1.28 bits per heavy atom. The Balaban J connectivity index is 0.000000397. The van der Waals surface area contributed by atoms with E-state index in [1.54, 1.807) is 0 Å². The van der Waals surface area contributed by atoms with E-state index in [-0.39, 0.29) is 12.0 Å². The monoisotopic (exact) mass is 865 g/mol.